The standard InChI is InChI=1S/C12H20N2O2/c1-5-16-12(15)10(9(2)3)8-11-13-6-7-14(11)4/h6-7,9-10H,5,8H2,1-4H3. The molecule has 0 radical (unpaired) electrons. The van der Waals surface area contributed by atoms with Crippen molar-refractivity contribution in [2.75, 3.05) is 6.61 Å². The van der Waals surface area contributed by atoms with Gasteiger partial charge in [0.1, 0.15) is 5.82 Å². The van der Waals surface area contributed by atoms with Gasteiger partial charge in [-0.3, -0.25) is 4.79 Å². The zero-order valence-electron chi connectivity index (χ0n) is 10.4. The van der Waals surface area contributed by atoms with E-state index in [1.807, 2.05) is 38.6 Å². The first kappa shape index (κ1) is 12.7. The highest BCUT2D eigenvalue weighted by Crippen LogP contribution is 2.17. The van der Waals surface area contributed by atoms with Gasteiger partial charge in [0.05, 0.1) is 12.5 Å². The topological polar surface area (TPSA) is 44.1 Å². The maximum Gasteiger partial charge on any atom is 0.309 e. The Labute approximate surface area is 96.6 Å². The van der Waals surface area contributed by atoms with Crippen molar-refractivity contribution in [3.8, 4) is 0 Å². The van der Waals surface area contributed by atoms with Gasteiger partial charge in [0, 0.05) is 25.9 Å². The average Bonchev–Trinajstić information content (AvgIpc) is 2.60. The molecule has 1 atom stereocenters. The molecule has 0 bridgehead atoms. The molecule has 1 aromatic rings. The summed E-state index contributed by atoms with van der Waals surface area (Å²) in [6.45, 7) is 6.33. The summed E-state index contributed by atoms with van der Waals surface area (Å²) in [6.07, 6.45) is 4.27. The van der Waals surface area contributed by atoms with E-state index in [9.17, 15) is 4.79 Å². The molecule has 1 rings (SSSR count). The fourth-order valence-corrected chi connectivity index (χ4v) is 1.63. The van der Waals surface area contributed by atoms with Gasteiger partial charge in [-0.25, -0.2) is 4.98 Å². The van der Waals surface area contributed by atoms with Gasteiger partial charge in [0.2, 0.25) is 0 Å². The van der Waals surface area contributed by atoms with Crippen molar-refractivity contribution in [3.63, 3.8) is 0 Å². The largest absolute Gasteiger partial charge is 0.466 e. The van der Waals surface area contributed by atoms with Crippen LogP contribution in [0.15, 0.2) is 12.4 Å². The van der Waals surface area contributed by atoms with E-state index in [0.29, 0.717) is 13.0 Å². The number of carbonyl (C=O) groups is 1. The van der Waals surface area contributed by atoms with Crippen LogP contribution in [0.1, 0.15) is 26.6 Å². The van der Waals surface area contributed by atoms with Gasteiger partial charge in [-0.05, 0) is 12.8 Å². The number of nitrogens with zero attached hydrogens (tertiary/aromatic N) is 2. The minimum absolute atomic E-state index is 0.110. The van der Waals surface area contributed by atoms with Crippen molar-refractivity contribution in [1.82, 2.24) is 9.55 Å². The second-order valence-corrected chi connectivity index (χ2v) is 4.26. The van der Waals surface area contributed by atoms with Crippen molar-refractivity contribution in [3.05, 3.63) is 18.2 Å². The van der Waals surface area contributed by atoms with Gasteiger partial charge >= 0.3 is 5.97 Å². The molecule has 0 aliphatic heterocycles. The number of esters is 1. The Balaban J connectivity index is 2.72. The third kappa shape index (κ3) is 3.08. The highest BCUT2D eigenvalue weighted by atomic mass is 16.5. The summed E-state index contributed by atoms with van der Waals surface area (Å²) >= 11 is 0. The van der Waals surface area contributed by atoms with Gasteiger partial charge in [-0.1, -0.05) is 13.8 Å². The summed E-state index contributed by atoms with van der Waals surface area (Å²) in [5.41, 5.74) is 0. The molecular weight excluding hydrogens is 204 g/mol. The molecule has 0 aliphatic carbocycles. The van der Waals surface area contributed by atoms with Crippen LogP contribution in [0.4, 0.5) is 0 Å². The van der Waals surface area contributed by atoms with Crippen LogP contribution in [0.3, 0.4) is 0 Å². The molecule has 0 saturated carbocycles. The van der Waals surface area contributed by atoms with Crippen LogP contribution in [0.25, 0.3) is 0 Å². The molecule has 4 heteroatoms. The third-order valence-corrected chi connectivity index (χ3v) is 2.72. The number of imidazole rings is 1. The number of hydrogen-bond acceptors (Lipinski definition) is 3. The predicted molar refractivity (Wildman–Crippen MR) is 61.9 cm³/mol. The lowest BCUT2D eigenvalue weighted by atomic mass is 9.92. The number of hydrogen-bond donors (Lipinski definition) is 0. The number of aryl methyl sites for hydroxylation is 1. The normalized spacial score (nSPS) is 12.8. The van der Waals surface area contributed by atoms with E-state index < -0.39 is 0 Å². The van der Waals surface area contributed by atoms with Crippen molar-refractivity contribution in [2.45, 2.75) is 27.2 Å². The fraction of sp³-hybridized carbons (Fsp3) is 0.667. The quantitative estimate of drug-likeness (QED) is 0.716. The molecule has 1 unspecified atom stereocenters. The van der Waals surface area contributed by atoms with Crippen molar-refractivity contribution in [1.29, 1.82) is 0 Å². The van der Waals surface area contributed by atoms with Crippen LogP contribution in [0.2, 0.25) is 0 Å². The minimum atomic E-state index is -0.125. The van der Waals surface area contributed by atoms with Crippen LogP contribution in [0, 0.1) is 11.8 Å². The highest BCUT2D eigenvalue weighted by Gasteiger charge is 2.25. The van der Waals surface area contributed by atoms with Crippen LogP contribution in [0.5, 0.6) is 0 Å². The molecule has 1 aromatic heterocycles. The first-order chi connectivity index (χ1) is 7.56. The van der Waals surface area contributed by atoms with E-state index in [1.54, 1.807) is 6.20 Å². The van der Waals surface area contributed by atoms with Crippen molar-refractivity contribution >= 4 is 5.97 Å². The molecule has 4 nitrogen and oxygen atoms in total. The Morgan fingerprint density at radius 2 is 2.25 bits per heavy atom. The molecule has 0 aromatic carbocycles. The summed E-state index contributed by atoms with van der Waals surface area (Å²) in [4.78, 5) is 16.0. The fourth-order valence-electron chi connectivity index (χ4n) is 1.63. The third-order valence-electron chi connectivity index (χ3n) is 2.72. The van der Waals surface area contributed by atoms with Gasteiger partial charge in [-0.15, -0.1) is 0 Å². The van der Waals surface area contributed by atoms with E-state index in [-0.39, 0.29) is 17.8 Å². The maximum atomic E-state index is 11.8. The molecule has 0 aliphatic rings. The Kier molecular flexibility index (Phi) is 4.52. The SMILES string of the molecule is CCOC(=O)C(Cc1nccn1C)C(C)C. The lowest BCUT2D eigenvalue weighted by Gasteiger charge is -2.18. The number of carbonyl (C=O) groups excluding carboxylic acids is 1. The van der Waals surface area contributed by atoms with Gasteiger partial charge in [0.25, 0.3) is 0 Å². The average molecular weight is 224 g/mol. The summed E-state index contributed by atoms with van der Waals surface area (Å²) in [6, 6.07) is 0. The van der Waals surface area contributed by atoms with Crippen LogP contribution < -0.4 is 0 Å². The molecule has 0 spiro atoms. The second kappa shape index (κ2) is 5.68. The minimum Gasteiger partial charge on any atom is -0.466 e. The van der Waals surface area contributed by atoms with E-state index >= 15 is 0 Å². The molecule has 0 fully saturated rings. The Bertz CT molecular complexity index is 345. The highest BCUT2D eigenvalue weighted by molar-refractivity contribution is 5.72. The molecular formula is C12H20N2O2. The Morgan fingerprint density at radius 3 is 2.69 bits per heavy atom. The lowest BCUT2D eigenvalue weighted by molar-refractivity contribution is -0.149. The van der Waals surface area contributed by atoms with Gasteiger partial charge in [-0.2, -0.15) is 0 Å². The lowest BCUT2D eigenvalue weighted by Crippen LogP contribution is -2.26. The van der Waals surface area contributed by atoms with Crippen molar-refractivity contribution < 1.29 is 9.53 Å². The summed E-state index contributed by atoms with van der Waals surface area (Å²) in [7, 11) is 1.94. The van der Waals surface area contributed by atoms with E-state index in [2.05, 4.69) is 4.98 Å². The monoisotopic (exact) mass is 224 g/mol. The predicted octanol–water partition coefficient (Wildman–Crippen LogP) is 1.80. The zero-order chi connectivity index (χ0) is 12.1. The number of ether oxygens (including phenoxy) is 1. The second-order valence-electron chi connectivity index (χ2n) is 4.26. The molecule has 0 saturated heterocycles. The first-order valence-electron chi connectivity index (χ1n) is 5.69. The first-order valence-corrected chi connectivity index (χ1v) is 5.69. The smallest absolute Gasteiger partial charge is 0.309 e. The summed E-state index contributed by atoms with van der Waals surface area (Å²) in [5.74, 6) is 0.948. The van der Waals surface area contributed by atoms with E-state index in [4.69, 9.17) is 4.74 Å². The molecule has 0 amide bonds. The maximum absolute atomic E-state index is 11.8. The summed E-state index contributed by atoms with van der Waals surface area (Å²) < 4.78 is 7.02. The van der Waals surface area contributed by atoms with Gasteiger partial charge < -0.3 is 9.30 Å². The van der Waals surface area contributed by atoms with E-state index in [1.165, 1.54) is 0 Å². The molecule has 16 heavy (non-hydrogen) atoms. The van der Waals surface area contributed by atoms with E-state index in [0.717, 1.165) is 5.82 Å². The Hall–Kier alpha value is -1.32. The van der Waals surface area contributed by atoms with Crippen molar-refractivity contribution in [2.24, 2.45) is 18.9 Å². The zero-order valence-corrected chi connectivity index (χ0v) is 10.4. The number of rotatable bonds is 5. The van der Waals surface area contributed by atoms with Crippen LogP contribution >= 0.6 is 0 Å². The molecule has 90 valence electrons. The van der Waals surface area contributed by atoms with Crippen LogP contribution in [-0.4, -0.2) is 22.1 Å². The Morgan fingerprint density at radius 1 is 1.56 bits per heavy atom. The van der Waals surface area contributed by atoms with Gasteiger partial charge in [0.15, 0.2) is 0 Å². The summed E-state index contributed by atoms with van der Waals surface area (Å²) in [5, 5.41) is 0. The van der Waals surface area contributed by atoms with Crippen LogP contribution in [-0.2, 0) is 23.0 Å². The number of aromatic nitrogens is 2. The molecule has 1 heterocycles. The molecule has 0 N–H and O–H groups in total.